The molecule has 0 atom stereocenters. The van der Waals surface area contributed by atoms with Crippen molar-refractivity contribution in [2.24, 2.45) is 0 Å². The molecule has 0 unspecified atom stereocenters. The fourth-order valence-electron chi connectivity index (χ4n) is 1.03. The average Bonchev–Trinajstić information content (AvgIpc) is 2.61. The fourth-order valence-corrected chi connectivity index (χ4v) is 1.03. The largest absolute Gasteiger partial charge is 0.479 e. The van der Waals surface area contributed by atoms with Crippen LogP contribution in [0.15, 0.2) is 12.4 Å². The van der Waals surface area contributed by atoms with Crippen molar-refractivity contribution in [2.75, 3.05) is 6.61 Å². The van der Waals surface area contributed by atoms with E-state index in [1.807, 2.05) is 6.92 Å². The van der Waals surface area contributed by atoms with Crippen LogP contribution in [0.1, 0.15) is 20.8 Å². The molecule has 0 aliphatic rings. The van der Waals surface area contributed by atoms with Gasteiger partial charge in [-0.1, -0.05) is 0 Å². The van der Waals surface area contributed by atoms with Crippen LogP contribution in [-0.4, -0.2) is 28.5 Å². The maximum atomic E-state index is 11.1. The van der Waals surface area contributed by atoms with Crippen molar-refractivity contribution < 1.29 is 14.3 Å². The maximum absolute atomic E-state index is 11.1. The zero-order valence-corrected chi connectivity index (χ0v) is 9.27. The first-order valence-corrected chi connectivity index (χ1v) is 4.96. The maximum Gasteiger partial charge on any atom is 0.344 e. The van der Waals surface area contributed by atoms with Gasteiger partial charge in [-0.05, 0) is 20.8 Å². The summed E-state index contributed by atoms with van der Waals surface area (Å²) in [6, 6.07) is 0. The number of nitrogens with zero attached hydrogens (tertiary/aromatic N) is 2. The van der Waals surface area contributed by atoms with Gasteiger partial charge in [-0.2, -0.15) is 5.10 Å². The lowest BCUT2D eigenvalue weighted by Gasteiger charge is -2.07. The van der Waals surface area contributed by atoms with Crippen molar-refractivity contribution in [2.45, 2.75) is 33.4 Å². The number of hydrogen-bond acceptors (Lipinski definition) is 4. The van der Waals surface area contributed by atoms with E-state index < -0.39 is 0 Å². The van der Waals surface area contributed by atoms with Gasteiger partial charge in [0, 0.05) is 6.54 Å². The zero-order chi connectivity index (χ0) is 11.3. The molecule has 1 heterocycles. The zero-order valence-electron chi connectivity index (χ0n) is 9.27. The molecule has 0 radical (unpaired) electrons. The van der Waals surface area contributed by atoms with Gasteiger partial charge in [0.15, 0.2) is 12.4 Å². The normalized spacial score (nSPS) is 10.4. The molecule has 0 aliphatic heterocycles. The molecule has 0 amide bonds. The van der Waals surface area contributed by atoms with Gasteiger partial charge in [-0.3, -0.25) is 4.68 Å². The predicted octanol–water partition coefficient (Wildman–Crippen LogP) is 1.23. The summed E-state index contributed by atoms with van der Waals surface area (Å²) >= 11 is 0. The highest BCUT2D eigenvalue weighted by Gasteiger charge is 2.07. The molecule has 0 bridgehead atoms. The molecular weight excluding hydrogens is 196 g/mol. The lowest BCUT2D eigenvalue weighted by Crippen LogP contribution is -2.18. The van der Waals surface area contributed by atoms with E-state index >= 15 is 0 Å². The van der Waals surface area contributed by atoms with Gasteiger partial charge in [0.25, 0.3) is 0 Å². The van der Waals surface area contributed by atoms with E-state index in [2.05, 4.69) is 5.10 Å². The van der Waals surface area contributed by atoms with Crippen LogP contribution < -0.4 is 4.74 Å². The Labute approximate surface area is 89.0 Å². The Bertz CT molecular complexity index is 320. The number of aryl methyl sites for hydroxylation is 1. The third-order valence-corrected chi connectivity index (χ3v) is 1.66. The summed E-state index contributed by atoms with van der Waals surface area (Å²) in [4.78, 5) is 11.1. The standard InChI is InChI=1S/C10H16N2O3/c1-4-12-6-9(5-11-12)14-7-10(13)15-8(2)3/h5-6,8H,4,7H2,1-3H3. The van der Waals surface area contributed by atoms with Gasteiger partial charge in [0.1, 0.15) is 0 Å². The molecule has 1 aromatic heterocycles. The molecule has 0 saturated heterocycles. The topological polar surface area (TPSA) is 53.4 Å². The first-order valence-electron chi connectivity index (χ1n) is 4.96. The third kappa shape index (κ3) is 4.01. The molecule has 0 aliphatic carbocycles. The molecule has 84 valence electrons. The van der Waals surface area contributed by atoms with Crippen LogP contribution in [0, 0.1) is 0 Å². The summed E-state index contributed by atoms with van der Waals surface area (Å²) in [5.74, 6) is 0.215. The molecule has 0 aromatic carbocycles. The molecule has 0 fully saturated rings. The Kier molecular flexibility index (Phi) is 4.15. The molecule has 5 nitrogen and oxygen atoms in total. The minimum absolute atomic E-state index is 0.0758. The molecule has 0 spiro atoms. The second kappa shape index (κ2) is 5.38. The van der Waals surface area contributed by atoms with Crippen molar-refractivity contribution in [3.63, 3.8) is 0 Å². The van der Waals surface area contributed by atoms with Crippen molar-refractivity contribution in [3.8, 4) is 5.75 Å². The van der Waals surface area contributed by atoms with Crippen molar-refractivity contribution in [1.29, 1.82) is 0 Å². The van der Waals surface area contributed by atoms with Crippen molar-refractivity contribution in [3.05, 3.63) is 12.4 Å². The van der Waals surface area contributed by atoms with Crippen LogP contribution in [0.2, 0.25) is 0 Å². The molecule has 1 aromatic rings. The highest BCUT2D eigenvalue weighted by Crippen LogP contribution is 2.07. The van der Waals surface area contributed by atoms with E-state index in [1.54, 1.807) is 30.9 Å². The molecule has 0 saturated carbocycles. The van der Waals surface area contributed by atoms with Gasteiger partial charge >= 0.3 is 5.97 Å². The number of carbonyl (C=O) groups is 1. The number of esters is 1. The van der Waals surface area contributed by atoms with Crippen LogP contribution in [0.5, 0.6) is 5.75 Å². The van der Waals surface area contributed by atoms with Crippen LogP contribution >= 0.6 is 0 Å². The Morgan fingerprint density at radius 3 is 2.87 bits per heavy atom. The van der Waals surface area contributed by atoms with Gasteiger partial charge < -0.3 is 9.47 Å². The summed E-state index contributed by atoms with van der Waals surface area (Å²) in [6.45, 7) is 6.28. The Morgan fingerprint density at radius 2 is 2.33 bits per heavy atom. The van der Waals surface area contributed by atoms with E-state index in [1.165, 1.54) is 0 Å². The summed E-state index contributed by atoms with van der Waals surface area (Å²) in [6.07, 6.45) is 3.20. The van der Waals surface area contributed by atoms with E-state index in [9.17, 15) is 4.79 Å². The number of aromatic nitrogens is 2. The van der Waals surface area contributed by atoms with Crippen LogP contribution in [0.25, 0.3) is 0 Å². The monoisotopic (exact) mass is 212 g/mol. The highest BCUT2D eigenvalue weighted by atomic mass is 16.6. The second-order valence-electron chi connectivity index (χ2n) is 3.36. The molecule has 0 N–H and O–H groups in total. The Hall–Kier alpha value is -1.52. The average molecular weight is 212 g/mol. The van der Waals surface area contributed by atoms with Crippen molar-refractivity contribution in [1.82, 2.24) is 9.78 Å². The van der Waals surface area contributed by atoms with Crippen LogP contribution in [0.4, 0.5) is 0 Å². The molecular formula is C10H16N2O3. The van der Waals surface area contributed by atoms with Gasteiger partial charge in [0.2, 0.25) is 0 Å². The first kappa shape index (κ1) is 11.6. The van der Waals surface area contributed by atoms with E-state index in [-0.39, 0.29) is 18.7 Å². The number of ether oxygens (including phenoxy) is 2. The number of carbonyl (C=O) groups excluding carboxylic acids is 1. The summed E-state index contributed by atoms with van der Waals surface area (Å²) in [5.41, 5.74) is 0. The van der Waals surface area contributed by atoms with Gasteiger partial charge in [-0.25, -0.2) is 4.79 Å². The SMILES string of the molecule is CCn1cc(OCC(=O)OC(C)C)cn1. The van der Waals surface area contributed by atoms with E-state index in [0.717, 1.165) is 6.54 Å². The second-order valence-corrected chi connectivity index (χ2v) is 3.36. The quantitative estimate of drug-likeness (QED) is 0.689. The summed E-state index contributed by atoms with van der Waals surface area (Å²) < 4.78 is 11.8. The fraction of sp³-hybridized carbons (Fsp3) is 0.600. The van der Waals surface area contributed by atoms with E-state index in [0.29, 0.717) is 5.75 Å². The third-order valence-electron chi connectivity index (χ3n) is 1.66. The molecule has 15 heavy (non-hydrogen) atoms. The number of hydrogen-bond donors (Lipinski definition) is 0. The predicted molar refractivity (Wildman–Crippen MR) is 54.6 cm³/mol. The lowest BCUT2D eigenvalue weighted by atomic mass is 10.5. The Morgan fingerprint density at radius 1 is 1.60 bits per heavy atom. The number of rotatable bonds is 5. The van der Waals surface area contributed by atoms with E-state index in [4.69, 9.17) is 9.47 Å². The highest BCUT2D eigenvalue weighted by molar-refractivity contribution is 5.71. The Balaban J connectivity index is 2.33. The van der Waals surface area contributed by atoms with Gasteiger partial charge in [0.05, 0.1) is 18.5 Å². The first-order chi connectivity index (χ1) is 7.11. The molecule has 1 rings (SSSR count). The minimum Gasteiger partial charge on any atom is -0.479 e. The van der Waals surface area contributed by atoms with Crippen LogP contribution in [-0.2, 0) is 16.1 Å². The smallest absolute Gasteiger partial charge is 0.344 e. The summed E-state index contributed by atoms with van der Waals surface area (Å²) in [5, 5.41) is 4.01. The van der Waals surface area contributed by atoms with Gasteiger partial charge in [-0.15, -0.1) is 0 Å². The lowest BCUT2D eigenvalue weighted by molar-refractivity contribution is -0.149. The van der Waals surface area contributed by atoms with Crippen LogP contribution in [0.3, 0.4) is 0 Å². The molecule has 5 heteroatoms. The summed E-state index contributed by atoms with van der Waals surface area (Å²) in [7, 11) is 0. The van der Waals surface area contributed by atoms with Crippen molar-refractivity contribution >= 4 is 5.97 Å². The minimum atomic E-state index is -0.366.